The minimum absolute atomic E-state index is 0.170. The van der Waals surface area contributed by atoms with E-state index in [1.807, 2.05) is 38.1 Å². The van der Waals surface area contributed by atoms with Crippen molar-refractivity contribution in [3.63, 3.8) is 0 Å². The summed E-state index contributed by atoms with van der Waals surface area (Å²) in [6.45, 7) is 3.96. The lowest BCUT2D eigenvalue weighted by atomic mass is 10.1. The molecular formula is C12H16N2O. The van der Waals surface area contributed by atoms with Crippen molar-refractivity contribution in [2.45, 2.75) is 32.4 Å². The largest absolute Gasteiger partial charge is 0.491 e. The first-order chi connectivity index (χ1) is 7.13. The summed E-state index contributed by atoms with van der Waals surface area (Å²) < 4.78 is 5.50. The summed E-state index contributed by atoms with van der Waals surface area (Å²) >= 11 is 0. The minimum Gasteiger partial charge on any atom is -0.491 e. The maximum Gasteiger partial charge on any atom is 0.119 e. The van der Waals surface area contributed by atoms with Crippen molar-refractivity contribution in [3.8, 4) is 11.8 Å². The molecule has 2 N–H and O–H groups in total. The van der Waals surface area contributed by atoms with Gasteiger partial charge in [-0.05, 0) is 31.5 Å². The Bertz CT molecular complexity index is 338. The second-order valence-electron chi connectivity index (χ2n) is 3.70. The van der Waals surface area contributed by atoms with E-state index in [1.165, 1.54) is 0 Å². The molecule has 80 valence electrons. The summed E-state index contributed by atoms with van der Waals surface area (Å²) in [5.41, 5.74) is 6.76. The van der Waals surface area contributed by atoms with Gasteiger partial charge >= 0.3 is 0 Å². The molecule has 0 aromatic heterocycles. The Balaban J connectivity index is 2.68. The maximum atomic E-state index is 8.52. The molecule has 0 aliphatic heterocycles. The third kappa shape index (κ3) is 3.61. The van der Waals surface area contributed by atoms with Crippen LogP contribution in [0, 0.1) is 11.3 Å². The summed E-state index contributed by atoms with van der Waals surface area (Å²) in [6, 6.07) is 9.42. The Labute approximate surface area is 90.5 Å². The zero-order chi connectivity index (χ0) is 11.3. The van der Waals surface area contributed by atoms with Crippen molar-refractivity contribution in [2.24, 2.45) is 5.73 Å². The van der Waals surface area contributed by atoms with Crippen molar-refractivity contribution in [1.29, 1.82) is 5.26 Å². The third-order valence-corrected chi connectivity index (χ3v) is 1.99. The van der Waals surface area contributed by atoms with E-state index in [0.29, 0.717) is 6.42 Å². The molecule has 3 nitrogen and oxygen atoms in total. The zero-order valence-corrected chi connectivity index (χ0v) is 9.10. The number of nitriles is 1. The summed E-state index contributed by atoms with van der Waals surface area (Å²) in [5, 5.41) is 8.52. The van der Waals surface area contributed by atoms with Gasteiger partial charge in [-0.3, -0.25) is 0 Å². The van der Waals surface area contributed by atoms with Crippen LogP contribution in [0.5, 0.6) is 5.75 Å². The van der Waals surface area contributed by atoms with Crippen LogP contribution >= 0.6 is 0 Å². The first-order valence-corrected chi connectivity index (χ1v) is 5.02. The molecule has 0 bridgehead atoms. The highest BCUT2D eigenvalue weighted by Gasteiger charge is 2.05. The van der Waals surface area contributed by atoms with Crippen molar-refractivity contribution >= 4 is 0 Å². The molecule has 1 aromatic carbocycles. The molecule has 1 atom stereocenters. The molecule has 0 saturated heterocycles. The molecule has 15 heavy (non-hydrogen) atoms. The van der Waals surface area contributed by atoms with Gasteiger partial charge in [-0.15, -0.1) is 0 Å². The number of nitrogens with zero attached hydrogens (tertiary/aromatic N) is 1. The quantitative estimate of drug-likeness (QED) is 0.819. The lowest BCUT2D eigenvalue weighted by molar-refractivity contribution is 0.242. The average Bonchev–Trinajstić information content (AvgIpc) is 2.18. The van der Waals surface area contributed by atoms with Crippen LogP contribution in [0.25, 0.3) is 0 Å². The fraction of sp³-hybridized carbons (Fsp3) is 0.417. The minimum atomic E-state index is -0.205. The van der Waals surface area contributed by atoms with Gasteiger partial charge in [-0.1, -0.05) is 12.1 Å². The highest BCUT2D eigenvalue weighted by atomic mass is 16.5. The lowest BCUT2D eigenvalue weighted by Gasteiger charge is -2.11. The SMILES string of the molecule is CC(C)Oc1ccc([C@@H](N)CC#N)cc1. The van der Waals surface area contributed by atoms with Crippen LogP contribution in [-0.4, -0.2) is 6.10 Å². The van der Waals surface area contributed by atoms with E-state index in [0.717, 1.165) is 11.3 Å². The van der Waals surface area contributed by atoms with Crippen molar-refractivity contribution in [1.82, 2.24) is 0 Å². The van der Waals surface area contributed by atoms with Crippen molar-refractivity contribution < 1.29 is 4.74 Å². The van der Waals surface area contributed by atoms with Gasteiger partial charge in [-0.2, -0.15) is 5.26 Å². The topological polar surface area (TPSA) is 59.0 Å². The monoisotopic (exact) mass is 204 g/mol. The van der Waals surface area contributed by atoms with Crippen molar-refractivity contribution in [3.05, 3.63) is 29.8 Å². The number of ether oxygens (including phenoxy) is 1. The molecule has 3 heteroatoms. The van der Waals surface area contributed by atoms with Crippen LogP contribution in [0.4, 0.5) is 0 Å². The first-order valence-electron chi connectivity index (χ1n) is 5.02. The molecule has 0 unspecified atom stereocenters. The second kappa shape index (κ2) is 5.38. The van der Waals surface area contributed by atoms with Gasteiger partial charge in [0.1, 0.15) is 5.75 Å². The molecule has 0 heterocycles. The number of hydrogen-bond donors (Lipinski definition) is 1. The normalized spacial score (nSPS) is 12.2. The zero-order valence-electron chi connectivity index (χ0n) is 9.10. The molecule has 0 radical (unpaired) electrons. The van der Waals surface area contributed by atoms with E-state index >= 15 is 0 Å². The smallest absolute Gasteiger partial charge is 0.119 e. The number of rotatable bonds is 4. The summed E-state index contributed by atoms with van der Waals surface area (Å²) in [6.07, 6.45) is 0.508. The van der Waals surface area contributed by atoms with Gasteiger partial charge in [0.15, 0.2) is 0 Å². The highest BCUT2D eigenvalue weighted by Crippen LogP contribution is 2.18. The highest BCUT2D eigenvalue weighted by molar-refractivity contribution is 5.29. The number of hydrogen-bond acceptors (Lipinski definition) is 3. The average molecular weight is 204 g/mol. The van der Waals surface area contributed by atoms with E-state index < -0.39 is 0 Å². The third-order valence-electron chi connectivity index (χ3n) is 1.99. The van der Waals surface area contributed by atoms with Crippen LogP contribution in [-0.2, 0) is 0 Å². The van der Waals surface area contributed by atoms with E-state index in [1.54, 1.807) is 0 Å². The molecule has 0 aliphatic rings. The van der Waals surface area contributed by atoms with Crippen molar-refractivity contribution in [2.75, 3.05) is 0 Å². The Morgan fingerprint density at radius 2 is 1.93 bits per heavy atom. The van der Waals surface area contributed by atoms with E-state index in [2.05, 4.69) is 6.07 Å². The van der Waals surface area contributed by atoms with E-state index in [9.17, 15) is 0 Å². The predicted molar refractivity (Wildman–Crippen MR) is 59.4 cm³/mol. The van der Waals surface area contributed by atoms with Gasteiger partial charge in [0, 0.05) is 6.04 Å². The molecule has 0 amide bonds. The molecule has 0 saturated carbocycles. The molecule has 0 spiro atoms. The Kier molecular flexibility index (Phi) is 4.14. The summed E-state index contributed by atoms with van der Waals surface area (Å²) in [5.74, 6) is 0.831. The molecule has 0 fully saturated rings. The number of nitrogens with two attached hydrogens (primary N) is 1. The van der Waals surface area contributed by atoms with Crippen LogP contribution in [0.2, 0.25) is 0 Å². The molecule has 1 rings (SSSR count). The van der Waals surface area contributed by atoms with Crippen LogP contribution in [0.1, 0.15) is 31.9 Å². The standard InChI is InChI=1S/C12H16N2O/c1-9(2)15-11-5-3-10(4-6-11)12(14)7-8-13/h3-6,9,12H,7,14H2,1-2H3/t12-/m0/s1. The fourth-order valence-corrected chi connectivity index (χ4v) is 1.28. The van der Waals surface area contributed by atoms with Crippen LogP contribution in [0.3, 0.4) is 0 Å². The predicted octanol–water partition coefficient (Wildman–Crippen LogP) is 2.39. The Morgan fingerprint density at radius 1 is 1.33 bits per heavy atom. The van der Waals surface area contributed by atoms with Gasteiger partial charge in [-0.25, -0.2) is 0 Å². The van der Waals surface area contributed by atoms with Crippen LogP contribution in [0.15, 0.2) is 24.3 Å². The summed E-state index contributed by atoms with van der Waals surface area (Å²) in [7, 11) is 0. The van der Waals surface area contributed by atoms with Crippen LogP contribution < -0.4 is 10.5 Å². The number of benzene rings is 1. The van der Waals surface area contributed by atoms with Gasteiger partial charge < -0.3 is 10.5 Å². The molecule has 1 aromatic rings. The van der Waals surface area contributed by atoms with E-state index in [4.69, 9.17) is 15.7 Å². The second-order valence-corrected chi connectivity index (χ2v) is 3.70. The van der Waals surface area contributed by atoms with Gasteiger partial charge in [0.25, 0.3) is 0 Å². The van der Waals surface area contributed by atoms with Gasteiger partial charge in [0.05, 0.1) is 18.6 Å². The first kappa shape index (κ1) is 11.5. The summed E-state index contributed by atoms with van der Waals surface area (Å²) in [4.78, 5) is 0. The molecule has 0 aliphatic carbocycles. The maximum absolute atomic E-state index is 8.52. The fourth-order valence-electron chi connectivity index (χ4n) is 1.28. The van der Waals surface area contributed by atoms with E-state index in [-0.39, 0.29) is 12.1 Å². The van der Waals surface area contributed by atoms with Gasteiger partial charge in [0.2, 0.25) is 0 Å². The lowest BCUT2D eigenvalue weighted by Crippen LogP contribution is -2.09. The Hall–Kier alpha value is -1.53. The Morgan fingerprint density at radius 3 is 2.40 bits per heavy atom. The molecular weight excluding hydrogens is 188 g/mol.